The summed E-state index contributed by atoms with van der Waals surface area (Å²) in [6.07, 6.45) is -11.6. The highest BCUT2D eigenvalue weighted by Crippen LogP contribution is 2.52. The third kappa shape index (κ3) is 2.77. The molecule has 0 saturated carbocycles. The maximum Gasteiger partial charge on any atom is 0.402 e. The molecule has 0 aromatic heterocycles. The summed E-state index contributed by atoms with van der Waals surface area (Å²) in [5.74, 6) is 0. The summed E-state index contributed by atoms with van der Waals surface area (Å²) < 4.78 is 73.1. The molecule has 7 heteroatoms. The van der Waals surface area contributed by atoms with Gasteiger partial charge < -0.3 is 0 Å². The van der Waals surface area contributed by atoms with Crippen LogP contribution in [0.1, 0.15) is 19.8 Å². The van der Waals surface area contributed by atoms with Crippen molar-refractivity contribution in [2.24, 2.45) is 5.41 Å². The molecule has 14 heavy (non-hydrogen) atoms. The highest BCUT2D eigenvalue weighted by molar-refractivity contribution is 9.09. The lowest BCUT2D eigenvalue weighted by Gasteiger charge is -2.33. The van der Waals surface area contributed by atoms with Gasteiger partial charge in [-0.25, -0.2) is 0 Å². The first-order chi connectivity index (χ1) is 6.06. The van der Waals surface area contributed by atoms with Crippen LogP contribution < -0.4 is 0 Å². The van der Waals surface area contributed by atoms with Crippen LogP contribution in [0.2, 0.25) is 0 Å². The number of alkyl halides is 7. The van der Waals surface area contributed by atoms with Gasteiger partial charge in [0.05, 0.1) is 0 Å². The van der Waals surface area contributed by atoms with Crippen molar-refractivity contribution in [3.63, 3.8) is 0 Å². The summed E-state index contributed by atoms with van der Waals surface area (Å²) in [5, 5.41) is 0.120. The zero-order chi connectivity index (χ0) is 11.6. The van der Waals surface area contributed by atoms with Gasteiger partial charge in [0.2, 0.25) is 0 Å². The second-order valence-corrected chi connectivity index (χ2v) is 3.91. The van der Waals surface area contributed by atoms with Crippen molar-refractivity contribution in [2.75, 3.05) is 5.33 Å². The van der Waals surface area contributed by atoms with Crippen LogP contribution in [0.25, 0.3) is 0 Å². The molecule has 0 aliphatic heterocycles. The van der Waals surface area contributed by atoms with Gasteiger partial charge in [0.25, 0.3) is 0 Å². The van der Waals surface area contributed by atoms with Gasteiger partial charge in [-0.15, -0.1) is 0 Å². The lowest BCUT2D eigenvalue weighted by molar-refractivity contribution is -0.336. The zero-order valence-corrected chi connectivity index (χ0v) is 8.85. The minimum absolute atomic E-state index is 0.120. The monoisotopic (exact) mass is 286 g/mol. The Labute approximate surface area is 85.8 Å². The summed E-state index contributed by atoms with van der Waals surface area (Å²) in [7, 11) is 0. The van der Waals surface area contributed by atoms with Crippen molar-refractivity contribution >= 4 is 15.9 Å². The average molecular weight is 287 g/mol. The molecular weight excluding hydrogens is 278 g/mol. The van der Waals surface area contributed by atoms with Crippen molar-refractivity contribution in [1.29, 1.82) is 0 Å². The Balaban J connectivity index is 4.87. The van der Waals surface area contributed by atoms with Crippen LogP contribution in [0.4, 0.5) is 26.3 Å². The van der Waals surface area contributed by atoms with E-state index in [1.165, 1.54) is 0 Å². The van der Waals surface area contributed by atoms with Crippen LogP contribution in [-0.4, -0.2) is 17.7 Å². The summed E-state index contributed by atoms with van der Waals surface area (Å²) >= 11 is 2.80. The number of rotatable bonds is 3. The predicted molar refractivity (Wildman–Crippen MR) is 43.2 cm³/mol. The molecule has 0 aliphatic carbocycles. The van der Waals surface area contributed by atoms with E-state index in [4.69, 9.17) is 0 Å². The average Bonchev–Trinajstić information content (AvgIpc) is 1.95. The minimum atomic E-state index is -5.26. The molecule has 0 nitrogen and oxygen atoms in total. The summed E-state index contributed by atoms with van der Waals surface area (Å²) in [4.78, 5) is 0. The molecule has 0 radical (unpaired) electrons. The Morgan fingerprint density at radius 3 is 1.50 bits per heavy atom. The van der Waals surface area contributed by atoms with Crippen LogP contribution >= 0.6 is 15.9 Å². The molecule has 0 amide bonds. The zero-order valence-electron chi connectivity index (χ0n) is 7.27. The molecule has 86 valence electrons. The maximum absolute atomic E-state index is 12.2. The largest absolute Gasteiger partial charge is 0.402 e. The molecule has 0 saturated heterocycles. The van der Waals surface area contributed by atoms with Gasteiger partial charge >= 0.3 is 12.4 Å². The lowest BCUT2D eigenvalue weighted by atomic mass is 9.84. The van der Waals surface area contributed by atoms with Gasteiger partial charge in [-0.1, -0.05) is 15.9 Å². The first-order valence-electron chi connectivity index (χ1n) is 3.75. The predicted octanol–water partition coefficient (Wildman–Crippen LogP) is 4.29. The third-order valence-corrected chi connectivity index (χ3v) is 2.62. The second kappa shape index (κ2) is 4.28. The Morgan fingerprint density at radius 2 is 1.29 bits per heavy atom. The van der Waals surface area contributed by atoms with Crippen molar-refractivity contribution in [3.05, 3.63) is 0 Å². The van der Waals surface area contributed by atoms with Gasteiger partial charge in [0, 0.05) is 5.33 Å². The van der Waals surface area contributed by atoms with Gasteiger partial charge in [-0.05, 0) is 19.8 Å². The van der Waals surface area contributed by atoms with E-state index in [9.17, 15) is 26.3 Å². The fourth-order valence-corrected chi connectivity index (χ4v) is 1.14. The molecule has 0 spiro atoms. The molecule has 0 rings (SSSR count). The van der Waals surface area contributed by atoms with Crippen LogP contribution in [0.3, 0.4) is 0 Å². The molecular formula is C7H9BrF6. The van der Waals surface area contributed by atoms with Crippen molar-refractivity contribution in [1.82, 2.24) is 0 Å². The van der Waals surface area contributed by atoms with Gasteiger partial charge in [0.15, 0.2) is 5.41 Å². The first-order valence-corrected chi connectivity index (χ1v) is 4.88. The van der Waals surface area contributed by atoms with Crippen LogP contribution in [0.15, 0.2) is 0 Å². The normalized spacial score (nSPS) is 14.6. The molecule has 0 aromatic rings. The Hall–Kier alpha value is 0.0600. The van der Waals surface area contributed by atoms with E-state index in [-0.39, 0.29) is 18.7 Å². The molecule has 0 N–H and O–H groups in total. The summed E-state index contributed by atoms with van der Waals surface area (Å²) in [6.45, 7) is 0.190. The summed E-state index contributed by atoms with van der Waals surface area (Å²) in [6, 6.07) is 0. The van der Waals surface area contributed by atoms with Crippen molar-refractivity contribution in [3.8, 4) is 0 Å². The van der Waals surface area contributed by atoms with E-state index in [0.717, 1.165) is 0 Å². The van der Waals surface area contributed by atoms with E-state index in [1.807, 2.05) is 0 Å². The van der Waals surface area contributed by atoms with E-state index < -0.39 is 24.2 Å². The SMILES string of the molecule is CC(CCCBr)(C(F)(F)F)C(F)(F)F. The number of halogens is 7. The topological polar surface area (TPSA) is 0 Å². The molecule has 0 heterocycles. The van der Waals surface area contributed by atoms with Crippen molar-refractivity contribution < 1.29 is 26.3 Å². The van der Waals surface area contributed by atoms with E-state index in [1.54, 1.807) is 0 Å². The number of hydrogen-bond donors (Lipinski definition) is 0. The Morgan fingerprint density at radius 1 is 0.929 bits per heavy atom. The third-order valence-electron chi connectivity index (χ3n) is 2.06. The van der Waals surface area contributed by atoms with Crippen molar-refractivity contribution in [2.45, 2.75) is 32.1 Å². The van der Waals surface area contributed by atoms with E-state index in [2.05, 4.69) is 15.9 Å². The maximum atomic E-state index is 12.2. The fourth-order valence-electron chi connectivity index (χ4n) is 0.865. The Kier molecular flexibility index (Phi) is 4.30. The van der Waals surface area contributed by atoms with Gasteiger partial charge in [-0.3, -0.25) is 0 Å². The number of hydrogen-bond acceptors (Lipinski definition) is 0. The summed E-state index contributed by atoms with van der Waals surface area (Å²) in [5.41, 5.74) is -3.60. The molecule has 0 bridgehead atoms. The highest BCUT2D eigenvalue weighted by Gasteiger charge is 2.66. The van der Waals surface area contributed by atoms with E-state index >= 15 is 0 Å². The lowest BCUT2D eigenvalue weighted by Crippen LogP contribution is -2.47. The van der Waals surface area contributed by atoms with E-state index in [0.29, 0.717) is 0 Å². The first kappa shape index (κ1) is 14.1. The van der Waals surface area contributed by atoms with Crippen LogP contribution in [0, 0.1) is 5.41 Å². The van der Waals surface area contributed by atoms with Crippen LogP contribution in [-0.2, 0) is 0 Å². The van der Waals surface area contributed by atoms with Crippen LogP contribution in [0.5, 0.6) is 0 Å². The van der Waals surface area contributed by atoms with Gasteiger partial charge in [0.1, 0.15) is 0 Å². The fraction of sp³-hybridized carbons (Fsp3) is 1.00. The molecule has 0 aromatic carbocycles. The van der Waals surface area contributed by atoms with Gasteiger partial charge in [-0.2, -0.15) is 26.3 Å². The molecule has 0 aliphatic rings. The standard InChI is InChI=1S/C7H9BrF6/c1-5(3-2-4-8,6(9,10)11)7(12,13)14/h2-4H2,1H3. The Bertz CT molecular complexity index is 168. The quantitative estimate of drug-likeness (QED) is 0.536. The molecule has 0 unspecified atom stereocenters. The second-order valence-electron chi connectivity index (χ2n) is 3.12. The molecule has 0 fully saturated rings. The molecule has 0 atom stereocenters. The minimum Gasteiger partial charge on any atom is -0.170 e. The smallest absolute Gasteiger partial charge is 0.170 e. The highest BCUT2D eigenvalue weighted by atomic mass is 79.9.